The molecule has 12 heteroatoms. The SMILES string of the molecule is Nc1ccc(O)cc1.O=C1C(=O)c2ccc(Br)cc2-c2cc(Br)ccc21.O=Cc1ccccc1.Oc1ccc(-n2c(-c3ccccc3)nc3c4ccc(Br)cc4c4cc(Br)ccc4c32)cc1. The third-order valence-electron chi connectivity index (χ3n) is 10.6. The number of phenolic OH excluding ortho intramolecular Hbond substituents is 2. The zero-order valence-corrected chi connectivity index (χ0v) is 40.8. The van der Waals surface area contributed by atoms with E-state index in [9.17, 15) is 19.5 Å². The van der Waals surface area contributed by atoms with E-state index in [1.165, 1.54) is 0 Å². The molecule has 0 fully saturated rings. The summed E-state index contributed by atoms with van der Waals surface area (Å²) in [5.74, 6) is 0.480. The fourth-order valence-corrected chi connectivity index (χ4v) is 8.95. The number of nitrogens with zero attached hydrogens (tertiary/aromatic N) is 2. The summed E-state index contributed by atoms with van der Waals surface area (Å²) in [5, 5.41) is 23.1. The maximum atomic E-state index is 12.0. The number of carbonyl (C=O) groups is 3. The van der Waals surface area contributed by atoms with Gasteiger partial charge in [-0.25, -0.2) is 4.98 Å². The summed E-state index contributed by atoms with van der Waals surface area (Å²) in [6.45, 7) is 0. The Kier molecular flexibility index (Phi) is 14.0. The monoisotopic (exact) mass is 1120 g/mol. The molecule has 10 aromatic rings. The van der Waals surface area contributed by atoms with E-state index >= 15 is 0 Å². The van der Waals surface area contributed by atoms with Gasteiger partial charge in [0.25, 0.3) is 0 Å². The van der Waals surface area contributed by atoms with Gasteiger partial charge < -0.3 is 15.9 Å². The van der Waals surface area contributed by atoms with Crippen LogP contribution in [0.5, 0.6) is 11.5 Å². The number of benzene rings is 9. The van der Waals surface area contributed by atoms with E-state index in [-0.39, 0.29) is 11.5 Å². The average molecular weight is 1130 g/mol. The molecule has 0 spiro atoms. The van der Waals surface area contributed by atoms with E-state index in [2.05, 4.69) is 117 Å². The van der Waals surface area contributed by atoms with Crippen LogP contribution >= 0.6 is 63.7 Å². The number of hydrogen-bond donors (Lipinski definition) is 3. The Morgan fingerprint density at radius 1 is 0.485 bits per heavy atom. The van der Waals surface area contributed by atoms with Crippen LogP contribution in [0.2, 0.25) is 0 Å². The Balaban J connectivity index is 0.000000144. The predicted octanol–water partition coefficient (Wildman–Crippen LogP) is 15.0. The summed E-state index contributed by atoms with van der Waals surface area (Å²) in [6, 6.07) is 56.4. The smallest absolute Gasteiger partial charge is 0.234 e. The standard InChI is InChI=1S/C27H16Br2N2O.C14H6Br2O2.C7H6O.C6H7NO/c28-17-6-12-21-23(14-17)24-15-18(29)7-13-22(24)26-25(21)30-27(16-4-2-1-3-5-16)31(26)19-8-10-20(32)11-9-19;15-7-1-3-9-11(5-7)12-6-8(16)2-4-10(12)14(18)13(9)17;8-6-7-4-2-1-3-5-7;7-5-1-3-6(8)4-2-5/h1-15,32H;1-6H;1-6H;1-4,8H,7H2. The molecule has 8 nitrogen and oxygen atoms in total. The molecule has 9 aromatic carbocycles. The van der Waals surface area contributed by atoms with Crippen LogP contribution in [0.3, 0.4) is 0 Å². The largest absolute Gasteiger partial charge is 0.508 e. The number of aldehydes is 1. The molecule has 66 heavy (non-hydrogen) atoms. The number of fused-ring (bicyclic) bond motifs is 9. The molecular formula is C54H35Br4N3O5. The number of aromatic hydroxyl groups is 2. The minimum absolute atomic E-state index is 0.239. The molecule has 0 radical (unpaired) electrons. The predicted molar refractivity (Wildman–Crippen MR) is 279 cm³/mol. The van der Waals surface area contributed by atoms with Crippen molar-refractivity contribution in [1.82, 2.24) is 9.55 Å². The van der Waals surface area contributed by atoms with Crippen LogP contribution in [0.25, 0.3) is 60.8 Å². The number of anilines is 1. The summed E-state index contributed by atoms with van der Waals surface area (Å²) in [6.07, 6.45) is 0.833. The van der Waals surface area contributed by atoms with Gasteiger partial charge in [0.15, 0.2) is 0 Å². The number of ketones is 2. The van der Waals surface area contributed by atoms with Crippen LogP contribution < -0.4 is 5.73 Å². The first kappa shape index (κ1) is 45.9. The van der Waals surface area contributed by atoms with Crippen LogP contribution in [0.4, 0.5) is 5.69 Å². The van der Waals surface area contributed by atoms with Crippen molar-refractivity contribution in [3.05, 3.63) is 217 Å². The minimum atomic E-state index is -0.438. The van der Waals surface area contributed by atoms with Crippen molar-refractivity contribution in [2.75, 3.05) is 5.73 Å². The summed E-state index contributed by atoms with van der Waals surface area (Å²) in [5.41, 5.74) is 13.2. The van der Waals surface area contributed by atoms with Gasteiger partial charge in [0.05, 0.1) is 11.0 Å². The van der Waals surface area contributed by atoms with E-state index in [1.807, 2.05) is 60.7 Å². The normalized spacial score (nSPS) is 11.3. The number of phenols is 2. The highest BCUT2D eigenvalue weighted by Gasteiger charge is 2.30. The molecule has 0 aliphatic heterocycles. The van der Waals surface area contributed by atoms with Crippen molar-refractivity contribution in [1.29, 1.82) is 0 Å². The van der Waals surface area contributed by atoms with Gasteiger partial charge in [0.1, 0.15) is 23.6 Å². The van der Waals surface area contributed by atoms with Gasteiger partial charge >= 0.3 is 0 Å². The van der Waals surface area contributed by atoms with E-state index in [0.29, 0.717) is 16.8 Å². The fourth-order valence-electron chi connectivity index (χ4n) is 7.51. The van der Waals surface area contributed by atoms with Crippen LogP contribution in [-0.4, -0.2) is 37.6 Å². The molecule has 4 N–H and O–H groups in total. The molecule has 0 amide bonds. The Morgan fingerprint density at radius 3 is 1.44 bits per heavy atom. The first-order valence-electron chi connectivity index (χ1n) is 20.2. The Bertz CT molecular complexity index is 3350. The van der Waals surface area contributed by atoms with Crippen LogP contribution in [0, 0.1) is 0 Å². The minimum Gasteiger partial charge on any atom is -0.508 e. The van der Waals surface area contributed by atoms with Gasteiger partial charge in [-0.3, -0.25) is 19.0 Å². The van der Waals surface area contributed by atoms with Crippen molar-refractivity contribution >= 4 is 120 Å². The average Bonchev–Trinajstić information content (AvgIpc) is 3.74. The van der Waals surface area contributed by atoms with E-state index in [4.69, 9.17) is 15.8 Å². The maximum absolute atomic E-state index is 12.0. The number of rotatable bonds is 3. The lowest BCUT2D eigenvalue weighted by Gasteiger charge is -2.18. The molecule has 0 atom stereocenters. The summed E-state index contributed by atoms with van der Waals surface area (Å²) >= 11 is 14.1. The second-order valence-electron chi connectivity index (χ2n) is 14.9. The molecular weight excluding hydrogens is 1090 g/mol. The number of halogens is 4. The Hall–Kier alpha value is -6.70. The van der Waals surface area contributed by atoms with Gasteiger partial charge in [-0.2, -0.15) is 0 Å². The number of aromatic nitrogens is 2. The molecule has 0 bridgehead atoms. The zero-order chi connectivity index (χ0) is 46.5. The lowest BCUT2D eigenvalue weighted by Crippen LogP contribution is -2.21. The molecule has 1 aliphatic carbocycles. The van der Waals surface area contributed by atoms with Gasteiger partial charge in [0, 0.05) is 62.3 Å². The third kappa shape index (κ3) is 9.92. The molecule has 1 aliphatic rings. The Morgan fingerprint density at radius 2 is 0.939 bits per heavy atom. The molecule has 1 heterocycles. The van der Waals surface area contributed by atoms with E-state index in [1.54, 1.807) is 72.8 Å². The van der Waals surface area contributed by atoms with Crippen molar-refractivity contribution in [3.8, 4) is 39.7 Å². The van der Waals surface area contributed by atoms with E-state index < -0.39 is 11.6 Å². The third-order valence-corrected chi connectivity index (χ3v) is 12.5. The number of nitrogens with two attached hydrogens (primary N) is 1. The quantitative estimate of drug-likeness (QED) is 0.0527. The second-order valence-corrected chi connectivity index (χ2v) is 18.6. The first-order valence-corrected chi connectivity index (χ1v) is 23.4. The topological polar surface area (TPSA) is 136 Å². The summed E-state index contributed by atoms with van der Waals surface area (Å²) < 4.78 is 6.03. The molecule has 0 unspecified atom stereocenters. The number of hydrogen-bond acceptors (Lipinski definition) is 7. The molecule has 324 valence electrons. The summed E-state index contributed by atoms with van der Waals surface area (Å²) in [4.78, 5) is 39.2. The van der Waals surface area contributed by atoms with E-state index in [0.717, 1.165) is 90.5 Å². The number of carbonyl (C=O) groups excluding carboxylic acids is 3. The number of imidazole rings is 1. The highest BCUT2D eigenvalue weighted by Crippen LogP contribution is 2.41. The lowest BCUT2D eigenvalue weighted by atomic mass is 9.84. The van der Waals surface area contributed by atoms with Crippen molar-refractivity contribution in [3.63, 3.8) is 0 Å². The first-order chi connectivity index (χ1) is 31.9. The van der Waals surface area contributed by atoms with Crippen molar-refractivity contribution in [2.24, 2.45) is 0 Å². The highest BCUT2D eigenvalue weighted by atomic mass is 79.9. The van der Waals surface area contributed by atoms with Crippen molar-refractivity contribution < 1.29 is 24.6 Å². The number of Topliss-reactive ketones (excluding diaryl/α,β-unsaturated/α-hetero) is 2. The second kappa shape index (κ2) is 20.2. The van der Waals surface area contributed by atoms with Gasteiger partial charge in [-0.1, -0.05) is 137 Å². The van der Waals surface area contributed by atoms with Gasteiger partial charge in [-0.05, 0) is 131 Å². The number of nitrogen functional groups attached to an aromatic ring is 1. The van der Waals surface area contributed by atoms with Crippen LogP contribution in [0.15, 0.2) is 200 Å². The lowest BCUT2D eigenvalue weighted by molar-refractivity contribution is 0.0815. The zero-order valence-electron chi connectivity index (χ0n) is 34.5. The van der Waals surface area contributed by atoms with Gasteiger partial charge in [-0.15, -0.1) is 0 Å². The maximum Gasteiger partial charge on any atom is 0.234 e. The molecule has 11 rings (SSSR count). The van der Waals surface area contributed by atoms with Crippen LogP contribution in [0.1, 0.15) is 31.1 Å². The molecule has 1 aromatic heterocycles. The van der Waals surface area contributed by atoms with Crippen LogP contribution in [-0.2, 0) is 0 Å². The summed E-state index contributed by atoms with van der Waals surface area (Å²) in [7, 11) is 0. The van der Waals surface area contributed by atoms with Crippen molar-refractivity contribution in [2.45, 2.75) is 0 Å². The molecule has 0 saturated carbocycles. The fraction of sp³-hybridized carbons (Fsp3) is 0. The highest BCUT2D eigenvalue weighted by molar-refractivity contribution is 9.11. The van der Waals surface area contributed by atoms with Gasteiger partial charge in [0.2, 0.25) is 11.6 Å². The molecule has 0 saturated heterocycles. The Labute approximate surface area is 412 Å².